The minimum Gasteiger partial charge on any atom is -0.304 e. The maximum absolute atomic E-state index is 5.38. The number of hydrogen-bond acceptors (Lipinski definition) is 2. The van der Waals surface area contributed by atoms with E-state index in [9.17, 15) is 0 Å². The quantitative estimate of drug-likeness (QED) is 0.476. The average Bonchev–Trinajstić information content (AvgIpc) is 2.16. The fourth-order valence-electron chi connectivity index (χ4n) is 1.18. The van der Waals surface area contributed by atoms with Crippen LogP contribution in [-0.4, -0.2) is 24.6 Å². The number of thioether (sulfide) groups is 1. The van der Waals surface area contributed by atoms with Crippen molar-refractivity contribution in [1.29, 1.82) is 0 Å². The van der Waals surface area contributed by atoms with Crippen LogP contribution in [0.1, 0.15) is 32.6 Å². The van der Waals surface area contributed by atoms with Crippen molar-refractivity contribution in [2.45, 2.75) is 38.6 Å². The first-order chi connectivity index (χ1) is 6.35. The van der Waals surface area contributed by atoms with Crippen LogP contribution in [0.3, 0.4) is 0 Å². The third-order valence-corrected chi connectivity index (χ3v) is 2.64. The van der Waals surface area contributed by atoms with Gasteiger partial charge in [-0.3, -0.25) is 0 Å². The largest absolute Gasteiger partial charge is 0.304 e. The molecule has 0 saturated heterocycles. The van der Waals surface area contributed by atoms with Crippen LogP contribution in [0.4, 0.5) is 0 Å². The number of rotatable bonds is 8. The van der Waals surface area contributed by atoms with E-state index in [1.54, 1.807) is 0 Å². The lowest BCUT2D eigenvalue weighted by atomic mass is 10.2. The van der Waals surface area contributed by atoms with Gasteiger partial charge >= 0.3 is 0 Å². The molecule has 0 aromatic rings. The second kappa shape index (κ2) is 9.95. The zero-order valence-corrected chi connectivity index (χ0v) is 9.62. The lowest BCUT2D eigenvalue weighted by molar-refractivity contribution is 0.548. The van der Waals surface area contributed by atoms with Crippen LogP contribution in [0.15, 0.2) is 0 Å². The highest BCUT2D eigenvalue weighted by atomic mass is 32.2. The molecule has 1 unspecified atom stereocenters. The smallest absolute Gasteiger partial charge is 0.0686 e. The number of unbranched alkanes of at least 4 members (excludes halogenated alkanes) is 1. The number of nitrogens with one attached hydrogen (secondary N) is 1. The van der Waals surface area contributed by atoms with Gasteiger partial charge in [-0.05, 0) is 37.8 Å². The molecule has 1 nitrogen and oxygen atoms in total. The number of terminal acetylenes is 1. The predicted octanol–water partition coefficient (Wildman–Crippen LogP) is 2.52. The monoisotopic (exact) mass is 199 g/mol. The maximum atomic E-state index is 5.38. The van der Waals surface area contributed by atoms with Gasteiger partial charge in [-0.1, -0.05) is 19.3 Å². The summed E-state index contributed by atoms with van der Waals surface area (Å²) in [5.74, 6) is 4.04. The van der Waals surface area contributed by atoms with Gasteiger partial charge in [0.05, 0.1) is 6.04 Å². The van der Waals surface area contributed by atoms with Gasteiger partial charge in [0.25, 0.3) is 0 Å². The van der Waals surface area contributed by atoms with Crippen LogP contribution < -0.4 is 5.32 Å². The van der Waals surface area contributed by atoms with Crippen LogP contribution >= 0.6 is 11.8 Å². The Bertz CT molecular complexity index is 140. The van der Waals surface area contributed by atoms with Gasteiger partial charge < -0.3 is 5.32 Å². The molecule has 0 spiro atoms. The predicted molar refractivity (Wildman–Crippen MR) is 63.1 cm³/mol. The molecule has 0 aromatic heterocycles. The molecule has 1 N–H and O–H groups in total. The van der Waals surface area contributed by atoms with Crippen molar-refractivity contribution < 1.29 is 0 Å². The van der Waals surface area contributed by atoms with Crippen LogP contribution in [0.5, 0.6) is 0 Å². The molecule has 76 valence electrons. The van der Waals surface area contributed by atoms with Gasteiger partial charge in [0.15, 0.2) is 0 Å². The Hall–Kier alpha value is -0.130. The summed E-state index contributed by atoms with van der Waals surface area (Å²) in [6, 6.07) is 0.291. The van der Waals surface area contributed by atoms with Crippen molar-refractivity contribution in [2.24, 2.45) is 0 Å². The van der Waals surface area contributed by atoms with Crippen LogP contribution in [0, 0.1) is 12.3 Å². The molecule has 0 bridgehead atoms. The SMILES string of the molecule is C#CC(CCC)NCCCCSC. The molecule has 0 fully saturated rings. The molecule has 0 radical (unpaired) electrons. The van der Waals surface area contributed by atoms with E-state index in [2.05, 4.69) is 24.4 Å². The van der Waals surface area contributed by atoms with E-state index < -0.39 is 0 Å². The van der Waals surface area contributed by atoms with Gasteiger partial charge in [-0.2, -0.15) is 11.8 Å². The Kier molecular flexibility index (Phi) is 9.85. The minimum absolute atomic E-state index is 0.291. The molecule has 0 amide bonds. The summed E-state index contributed by atoms with van der Waals surface area (Å²) in [4.78, 5) is 0. The highest BCUT2D eigenvalue weighted by Gasteiger charge is 2.00. The van der Waals surface area contributed by atoms with Gasteiger partial charge in [0.2, 0.25) is 0 Å². The summed E-state index contributed by atoms with van der Waals surface area (Å²) in [5.41, 5.74) is 0. The normalized spacial score (nSPS) is 12.4. The van der Waals surface area contributed by atoms with Crippen molar-refractivity contribution in [3.8, 4) is 12.3 Å². The fraction of sp³-hybridized carbons (Fsp3) is 0.818. The highest BCUT2D eigenvalue weighted by molar-refractivity contribution is 7.98. The summed E-state index contributed by atoms with van der Waals surface area (Å²) in [7, 11) is 0. The van der Waals surface area contributed by atoms with Crippen molar-refractivity contribution in [3.63, 3.8) is 0 Å². The highest BCUT2D eigenvalue weighted by Crippen LogP contribution is 1.99. The molecule has 0 aliphatic rings. The number of hydrogen-bond donors (Lipinski definition) is 1. The van der Waals surface area contributed by atoms with E-state index in [0.29, 0.717) is 6.04 Å². The Labute approximate surface area is 87.1 Å². The topological polar surface area (TPSA) is 12.0 Å². The van der Waals surface area contributed by atoms with Crippen LogP contribution in [0.25, 0.3) is 0 Å². The van der Waals surface area contributed by atoms with Crippen LogP contribution in [0.2, 0.25) is 0 Å². The second-order valence-electron chi connectivity index (χ2n) is 3.16. The Morgan fingerprint density at radius 3 is 2.77 bits per heavy atom. The fourth-order valence-corrected chi connectivity index (χ4v) is 1.67. The third kappa shape index (κ3) is 8.21. The van der Waals surface area contributed by atoms with Crippen molar-refractivity contribution in [3.05, 3.63) is 0 Å². The second-order valence-corrected chi connectivity index (χ2v) is 4.15. The van der Waals surface area contributed by atoms with Gasteiger partial charge in [0.1, 0.15) is 0 Å². The van der Waals surface area contributed by atoms with Gasteiger partial charge in [-0.15, -0.1) is 6.42 Å². The summed E-state index contributed by atoms with van der Waals surface area (Å²) < 4.78 is 0. The Morgan fingerprint density at radius 2 is 2.23 bits per heavy atom. The lowest BCUT2D eigenvalue weighted by Gasteiger charge is -2.11. The summed E-state index contributed by atoms with van der Waals surface area (Å²) in [5, 5.41) is 3.38. The van der Waals surface area contributed by atoms with Gasteiger partial charge in [-0.25, -0.2) is 0 Å². The van der Waals surface area contributed by atoms with Crippen LogP contribution in [-0.2, 0) is 0 Å². The van der Waals surface area contributed by atoms with E-state index >= 15 is 0 Å². The summed E-state index contributed by atoms with van der Waals surface area (Å²) >= 11 is 1.91. The zero-order valence-electron chi connectivity index (χ0n) is 8.81. The lowest BCUT2D eigenvalue weighted by Crippen LogP contribution is -2.28. The molecule has 0 aliphatic heterocycles. The Morgan fingerprint density at radius 1 is 1.46 bits per heavy atom. The van der Waals surface area contributed by atoms with Gasteiger partial charge in [0, 0.05) is 0 Å². The van der Waals surface area contributed by atoms with Crippen molar-refractivity contribution in [2.75, 3.05) is 18.6 Å². The van der Waals surface area contributed by atoms with E-state index in [1.165, 1.54) is 18.6 Å². The molecule has 0 heterocycles. The molecule has 2 heteroatoms. The first kappa shape index (κ1) is 12.9. The van der Waals surface area contributed by atoms with E-state index in [0.717, 1.165) is 19.4 Å². The minimum atomic E-state index is 0.291. The van der Waals surface area contributed by atoms with E-state index in [4.69, 9.17) is 6.42 Å². The first-order valence-corrected chi connectivity index (χ1v) is 6.43. The van der Waals surface area contributed by atoms with Crippen molar-refractivity contribution in [1.82, 2.24) is 5.32 Å². The van der Waals surface area contributed by atoms with Crippen molar-refractivity contribution >= 4 is 11.8 Å². The Balaban J connectivity index is 3.24. The molecular formula is C11H21NS. The average molecular weight is 199 g/mol. The molecule has 0 rings (SSSR count). The molecular weight excluding hydrogens is 178 g/mol. The van der Waals surface area contributed by atoms with E-state index in [1.807, 2.05) is 11.8 Å². The third-order valence-electron chi connectivity index (χ3n) is 1.94. The first-order valence-electron chi connectivity index (χ1n) is 5.03. The summed E-state index contributed by atoms with van der Waals surface area (Å²) in [6.45, 7) is 3.23. The molecule has 1 atom stereocenters. The molecule has 0 aliphatic carbocycles. The zero-order chi connectivity index (χ0) is 9.94. The van der Waals surface area contributed by atoms with E-state index in [-0.39, 0.29) is 0 Å². The summed E-state index contributed by atoms with van der Waals surface area (Å²) in [6.07, 6.45) is 12.3. The maximum Gasteiger partial charge on any atom is 0.0686 e. The molecule has 0 saturated carbocycles. The molecule has 13 heavy (non-hydrogen) atoms. The molecule has 0 aromatic carbocycles. The standard InChI is InChI=1S/C11H21NS/c1-4-8-11(5-2)12-9-6-7-10-13-3/h2,11-12H,4,6-10H2,1,3H3.